The lowest BCUT2D eigenvalue weighted by Crippen LogP contribution is -2.41. The number of nitrogens with zero attached hydrogens (tertiary/aromatic N) is 2. The normalized spacial score (nSPS) is 21.8. The van der Waals surface area contributed by atoms with Crippen LogP contribution in [0.2, 0.25) is 0 Å². The van der Waals surface area contributed by atoms with Crippen molar-refractivity contribution in [2.24, 2.45) is 11.8 Å². The maximum atomic E-state index is 14.3. The van der Waals surface area contributed by atoms with Crippen LogP contribution in [-0.4, -0.2) is 41.8 Å². The maximum Gasteiger partial charge on any atom is 0.278 e. The first kappa shape index (κ1) is 21.1. The van der Waals surface area contributed by atoms with E-state index in [0.717, 1.165) is 11.3 Å². The molecule has 2 aliphatic heterocycles. The van der Waals surface area contributed by atoms with Gasteiger partial charge in [0.05, 0.1) is 19.2 Å². The van der Waals surface area contributed by atoms with Gasteiger partial charge in [0.15, 0.2) is 0 Å². The number of hydrogen-bond donors (Lipinski definition) is 0. The third kappa shape index (κ3) is 4.07. The first-order valence-corrected chi connectivity index (χ1v) is 10.6. The Morgan fingerprint density at radius 2 is 1.61 bits per heavy atom. The summed E-state index contributed by atoms with van der Waals surface area (Å²) in [5.74, 6) is 0.322. The molecule has 31 heavy (non-hydrogen) atoms. The Labute approximate surface area is 182 Å². The molecule has 0 aliphatic carbocycles. The van der Waals surface area contributed by atoms with Crippen LogP contribution in [0.15, 0.2) is 54.2 Å². The van der Waals surface area contributed by atoms with Crippen LogP contribution in [-0.2, 0) is 16.1 Å². The number of hydrogen-bond acceptors (Lipinski definition) is 4. The first-order chi connectivity index (χ1) is 14.9. The number of piperidine rings is 1. The average Bonchev–Trinajstić information content (AvgIpc) is 2.99. The topological polar surface area (TPSA) is 49.9 Å². The monoisotopic (exact) mass is 422 g/mol. The molecule has 2 unspecified atom stereocenters. The molecular weight excluding hydrogens is 395 g/mol. The van der Waals surface area contributed by atoms with Crippen molar-refractivity contribution in [2.45, 2.75) is 26.8 Å². The molecule has 2 aromatic carbocycles. The highest BCUT2D eigenvalue weighted by molar-refractivity contribution is 6.35. The summed E-state index contributed by atoms with van der Waals surface area (Å²) in [5.41, 5.74) is 1.78. The maximum absolute atomic E-state index is 14.3. The fourth-order valence-corrected chi connectivity index (χ4v) is 4.66. The zero-order valence-electron chi connectivity index (χ0n) is 18.1. The van der Waals surface area contributed by atoms with E-state index in [-0.39, 0.29) is 18.4 Å². The second-order valence-corrected chi connectivity index (χ2v) is 8.59. The molecule has 4 rings (SSSR count). The summed E-state index contributed by atoms with van der Waals surface area (Å²) in [6.45, 7) is 5.66. The number of benzene rings is 2. The van der Waals surface area contributed by atoms with E-state index in [1.165, 1.54) is 6.07 Å². The molecule has 0 aromatic heterocycles. The van der Waals surface area contributed by atoms with Gasteiger partial charge in [0.2, 0.25) is 0 Å². The molecule has 2 aliphatic rings. The van der Waals surface area contributed by atoms with Crippen LogP contribution in [0.1, 0.15) is 31.4 Å². The predicted molar refractivity (Wildman–Crippen MR) is 116 cm³/mol. The Morgan fingerprint density at radius 1 is 0.968 bits per heavy atom. The van der Waals surface area contributed by atoms with Crippen LogP contribution in [0.25, 0.3) is 5.57 Å². The highest BCUT2D eigenvalue weighted by atomic mass is 19.1. The van der Waals surface area contributed by atoms with E-state index in [9.17, 15) is 14.0 Å². The number of ether oxygens (including phenoxy) is 1. The third-order valence-corrected chi connectivity index (χ3v) is 5.99. The standard InChI is InChI=1S/C25H27FN2O3/c1-16-12-17(2)14-27(13-16)23-22(18-8-10-20(31-3)11-9-18)24(29)28(25(23)30)15-19-6-4-5-7-21(19)26/h4-11,16-17H,12-15H2,1-3H3. The Balaban J connectivity index is 1.76. The SMILES string of the molecule is COc1ccc(C2=C(N3CC(C)CC(C)C3)C(=O)N(Cc3ccccc3F)C2=O)cc1. The van der Waals surface area contributed by atoms with Crippen LogP contribution in [0.3, 0.4) is 0 Å². The van der Waals surface area contributed by atoms with Gasteiger partial charge in [-0.05, 0) is 42.0 Å². The van der Waals surface area contributed by atoms with Gasteiger partial charge < -0.3 is 9.64 Å². The zero-order valence-corrected chi connectivity index (χ0v) is 18.1. The van der Waals surface area contributed by atoms with Gasteiger partial charge in [-0.15, -0.1) is 0 Å². The molecule has 2 amide bonds. The highest BCUT2D eigenvalue weighted by Gasteiger charge is 2.43. The molecule has 2 heterocycles. The van der Waals surface area contributed by atoms with Crippen LogP contribution < -0.4 is 4.74 Å². The number of carbonyl (C=O) groups excluding carboxylic acids is 2. The fourth-order valence-electron chi connectivity index (χ4n) is 4.66. The summed E-state index contributed by atoms with van der Waals surface area (Å²) in [7, 11) is 1.58. The molecule has 0 saturated carbocycles. The summed E-state index contributed by atoms with van der Waals surface area (Å²) >= 11 is 0. The average molecular weight is 423 g/mol. The molecule has 1 fully saturated rings. The predicted octanol–water partition coefficient (Wildman–Crippen LogP) is 4.09. The smallest absolute Gasteiger partial charge is 0.278 e. The second kappa shape index (κ2) is 8.53. The number of amides is 2. The lowest BCUT2D eigenvalue weighted by Gasteiger charge is -2.37. The summed E-state index contributed by atoms with van der Waals surface area (Å²) in [4.78, 5) is 30.2. The van der Waals surface area contributed by atoms with Gasteiger partial charge in [0.1, 0.15) is 17.3 Å². The van der Waals surface area contributed by atoms with Crippen molar-refractivity contribution in [2.75, 3.05) is 20.2 Å². The second-order valence-electron chi connectivity index (χ2n) is 8.59. The van der Waals surface area contributed by atoms with E-state index in [2.05, 4.69) is 13.8 Å². The molecule has 0 radical (unpaired) electrons. The van der Waals surface area contributed by atoms with Crippen LogP contribution >= 0.6 is 0 Å². The number of methoxy groups -OCH3 is 1. The molecule has 162 valence electrons. The van der Waals surface area contributed by atoms with Crippen LogP contribution in [0.5, 0.6) is 5.75 Å². The number of halogens is 1. The summed E-state index contributed by atoms with van der Waals surface area (Å²) < 4.78 is 19.5. The van der Waals surface area contributed by atoms with Crippen molar-refractivity contribution >= 4 is 17.4 Å². The van der Waals surface area contributed by atoms with Gasteiger partial charge in [0, 0.05) is 18.7 Å². The van der Waals surface area contributed by atoms with Crippen molar-refractivity contribution in [3.63, 3.8) is 0 Å². The van der Waals surface area contributed by atoms with Crippen molar-refractivity contribution in [3.05, 3.63) is 71.2 Å². The molecule has 0 bridgehead atoms. The van der Waals surface area contributed by atoms with E-state index in [4.69, 9.17) is 4.74 Å². The number of carbonyl (C=O) groups is 2. The lowest BCUT2D eigenvalue weighted by molar-refractivity contribution is -0.138. The molecule has 1 saturated heterocycles. The Morgan fingerprint density at radius 3 is 2.23 bits per heavy atom. The van der Waals surface area contributed by atoms with Crippen molar-refractivity contribution in [1.29, 1.82) is 0 Å². The van der Waals surface area contributed by atoms with E-state index in [1.54, 1.807) is 49.6 Å². The molecule has 2 aromatic rings. The fraction of sp³-hybridized carbons (Fsp3) is 0.360. The minimum Gasteiger partial charge on any atom is -0.497 e. The van der Waals surface area contributed by atoms with Crippen LogP contribution in [0, 0.1) is 17.7 Å². The van der Waals surface area contributed by atoms with Crippen molar-refractivity contribution in [3.8, 4) is 5.75 Å². The number of imide groups is 1. The van der Waals surface area contributed by atoms with E-state index in [0.29, 0.717) is 53.1 Å². The number of likely N-dealkylation sites (tertiary alicyclic amines) is 1. The molecule has 2 atom stereocenters. The summed E-state index contributed by atoms with van der Waals surface area (Å²) in [6, 6.07) is 13.4. The van der Waals surface area contributed by atoms with Crippen molar-refractivity contribution < 1.29 is 18.7 Å². The van der Waals surface area contributed by atoms with E-state index >= 15 is 0 Å². The largest absolute Gasteiger partial charge is 0.497 e. The Hall–Kier alpha value is -3.15. The Bertz CT molecular complexity index is 1020. The minimum absolute atomic E-state index is 0.0908. The lowest BCUT2D eigenvalue weighted by atomic mass is 9.91. The minimum atomic E-state index is -0.428. The third-order valence-electron chi connectivity index (χ3n) is 5.99. The summed E-state index contributed by atoms with van der Waals surface area (Å²) in [6.07, 6.45) is 1.09. The molecule has 0 spiro atoms. The van der Waals surface area contributed by atoms with Crippen molar-refractivity contribution in [1.82, 2.24) is 9.80 Å². The van der Waals surface area contributed by atoms with Gasteiger partial charge in [-0.1, -0.05) is 44.2 Å². The van der Waals surface area contributed by atoms with Crippen LogP contribution in [0.4, 0.5) is 4.39 Å². The zero-order chi connectivity index (χ0) is 22.1. The Kier molecular flexibility index (Phi) is 5.81. The molecular formula is C25H27FN2O3. The van der Waals surface area contributed by atoms with Gasteiger partial charge >= 0.3 is 0 Å². The molecule has 0 N–H and O–H groups in total. The highest BCUT2D eigenvalue weighted by Crippen LogP contribution is 2.36. The van der Waals surface area contributed by atoms with Gasteiger partial charge in [-0.2, -0.15) is 0 Å². The molecule has 5 nitrogen and oxygen atoms in total. The van der Waals surface area contributed by atoms with E-state index < -0.39 is 5.82 Å². The molecule has 6 heteroatoms. The number of rotatable bonds is 5. The summed E-state index contributed by atoms with van der Waals surface area (Å²) in [5, 5.41) is 0. The van der Waals surface area contributed by atoms with Gasteiger partial charge in [-0.25, -0.2) is 4.39 Å². The van der Waals surface area contributed by atoms with Gasteiger partial charge in [-0.3, -0.25) is 14.5 Å². The van der Waals surface area contributed by atoms with E-state index in [1.807, 2.05) is 4.90 Å². The first-order valence-electron chi connectivity index (χ1n) is 10.6. The quantitative estimate of drug-likeness (QED) is 0.681. The van der Waals surface area contributed by atoms with Gasteiger partial charge in [0.25, 0.3) is 11.8 Å².